The van der Waals surface area contributed by atoms with Crippen molar-refractivity contribution >= 4 is 27.3 Å². The molecule has 1 radical (unpaired) electrons. The van der Waals surface area contributed by atoms with Crippen LogP contribution in [-0.2, 0) is 36.7 Å². The summed E-state index contributed by atoms with van der Waals surface area (Å²) < 4.78 is 0. The fraction of sp³-hybridized carbons (Fsp3) is 0.450. The van der Waals surface area contributed by atoms with E-state index in [0.717, 1.165) is 43.4 Å². The van der Waals surface area contributed by atoms with Crippen molar-refractivity contribution in [2.45, 2.75) is 99.8 Å². The van der Waals surface area contributed by atoms with Gasteiger partial charge in [-0.2, -0.15) is 0 Å². The normalized spacial score (nSPS) is 13.8. The van der Waals surface area contributed by atoms with Crippen LogP contribution >= 0.6 is 0 Å². The number of rotatable bonds is 8. The van der Waals surface area contributed by atoms with E-state index in [4.69, 9.17) is 4.98 Å². The van der Waals surface area contributed by atoms with E-state index >= 15 is 0 Å². The molecule has 0 saturated carbocycles. The Morgan fingerprint density at radius 2 is 1.61 bits per heavy atom. The molecule has 0 spiro atoms. The summed E-state index contributed by atoms with van der Waals surface area (Å²) in [6.45, 7) is 19.7. The smallest absolute Gasteiger partial charge is 0.162 e. The number of hydrogen-bond donors (Lipinski definition) is 1. The van der Waals surface area contributed by atoms with Crippen LogP contribution in [0.5, 0.6) is 0 Å². The molecule has 1 heterocycles. The van der Waals surface area contributed by atoms with Gasteiger partial charge in [0, 0.05) is 49.6 Å². The Morgan fingerprint density at radius 3 is 2.23 bits per heavy atom. The summed E-state index contributed by atoms with van der Waals surface area (Å²) in [5.74, 6) is 0.547. The first-order valence-corrected chi connectivity index (χ1v) is 16.2. The predicted octanol–water partition coefficient (Wildman–Crippen LogP) is 11.0. The first-order valence-electron chi connectivity index (χ1n) is 16.2. The molecule has 0 aliphatic heterocycles. The summed E-state index contributed by atoms with van der Waals surface area (Å²) in [6, 6.07) is 21.2. The number of benzene rings is 3. The second-order valence-electron chi connectivity index (χ2n) is 13.9. The van der Waals surface area contributed by atoms with Gasteiger partial charge in [0.05, 0.1) is 5.76 Å². The first kappa shape index (κ1) is 35.7. The van der Waals surface area contributed by atoms with E-state index in [1.165, 1.54) is 44.3 Å². The van der Waals surface area contributed by atoms with E-state index in [0.29, 0.717) is 0 Å². The molecule has 3 nitrogen and oxygen atoms in total. The maximum absolute atomic E-state index is 11.7. The number of carbonyl (C=O) groups is 1. The molecule has 0 fully saturated rings. The Bertz CT molecular complexity index is 1630. The molecule has 4 heteroatoms. The number of pyridine rings is 1. The van der Waals surface area contributed by atoms with E-state index in [2.05, 4.69) is 83.1 Å². The number of aliphatic hydroxyl groups is 1. The fourth-order valence-corrected chi connectivity index (χ4v) is 6.70. The summed E-state index contributed by atoms with van der Waals surface area (Å²) in [5, 5.41) is 14.9. The number of ketones is 1. The van der Waals surface area contributed by atoms with Gasteiger partial charge in [-0.1, -0.05) is 110 Å². The Morgan fingerprint density at radius 1 is 0.955 bits per heavy atom. The molecule has 0 bridgehead atoms. The molecular formula is C40H50IrNO2-. The quantitative estimate of drug-likeness (QED) is 0.110. The Kier molecular flexibility index (Phi) is 11.8. The van der Waals surface area contributed by atoms with Gasteiger partial charge in [0.15, 0.2) is 5.78 Å². The van der Waals surface area contributed by atoms with E-state index in [1.807, 2.05) is 40.0 Å². The van der Waals surface area contributed by atoms with Crippen LogP contribution in [0.3, 0.4) is 0 Å². The molecule has 1 aliphatic rings. The summed E-state index contributed by atoms with van der Waals surface area (Å²) in [6.07, 6.45) is 8.01. The maximum atomic E-state index is 11.7. The Labute approximate surface area is 278 Å². The average molecular weight is 769 g/mol. The van der Waals surface area contributed by atoms with Crippen molar-refractivity contribution in [3.63, 3.8) is 0 Å². The monoisotopic (exact) mass is 769 g/mol. The number of nitrogens with zero attached hydrogens (tertiary/aromatic N) is 1. The number of carbonyl (C=O) groups excluding carboxylic acids is 1. The largest absolute Gasteiger partial charge is 0.512 e. The van der Waals surface area contributed by atoms with Gasteiger partial charge in [0.25, 0.3) is 0 Å². The van der Waals surface area contributed by atoms with Gasteiger partial charge >= 0.3 is 0 Å². The number of hydrogen-bond acceptors (Lipinski definition) is 3. The van der Waals surface area contributed by atoms with E-state index in [-0.39, 0.29) is 54.3 Å². The molecule has 3 aromatic carbocycles. The third kappa shape index (κ3) is 7.35. The van der Waals surface area contributed by atoms with Gasteiger partial charge in [-0.15, -0.1) is 29.1 Å². The van der Waals surface area contributed by atoms with Crippen molar-refractivity contribution in [3.05, 3.63) is 89.3 Å². The van der Waals surface area contributed by atoms with E-state index < -0.39 is 0 Å². The predicted molar refractivity (Wildman–Crippen MR) is 183 cm³/mol. The molecule has 5 rings (SSSR count). The molecule has 237 valence electrons. The van der Waals surface area contributed by atoms with Gasteiger partial charge in [-0.3, -0.25) is 4.79 Å². The zero-order chi connectivity index (χ0) is 31.5. The van der Waals surface area contributed by atoms with Crippen molar-refractivity contribution in [3.8, 4) is 11.3 Å². The summed E-state index contributed by atoms with van der Waals surface area (Å²) >= 11 is 0. The van der Waals surface area contributed by atoms with Crippen LogP contribution in [0.25, 0.3) is 32.8 Å². The standard InChI is InChI=1S/C27H26N.C13H24O2.Ir/c1-26(2,3)15-17-12-13-19-16-28-25-20-10-6-8-18-9-7-11-22(23(18)20)27(4,5)24(25)21(19)14-17;1-5-10(6-2)12(14)9-13(15)11(7-3)8-4;/h6-9,11-14,16H,15H2,1-5H3;9-11,14H,5-8H2,1-4H3;/q-1;;/b;12-9-;. The summed E-state index contributed by atoms with van der Waals surface area (Å²) in [4.78, 5) is 16.7. The number of fused-ring (bicyclic) bond motifs is 4. The molecular weight excluding hydrogens is 719 g/mol. The van der Waals surface area contributed by atoms with Gasteiger partial charge in [0.2, 0.25) is 0 Å². The molecule has 44 heavy (non-hydrogen) atoms. The van der Waals surface area contributed by atoms with Crippen molar-refractivity contribution in [1.29, 1.82) is 0 Å². The van der Waals surface area contributed by atoms with Gasteiger partial charge in [0.1, 0.15) is 0 Å². The maximum Gasteiger partial charge on any atom is 0.162 e. The number of aromatic nitrogens is 1. The minimum Gasteiger partial charge on any atom is -0.512 e. The van der Waals surface area contributed by atoms with E-state index in [9.17, 15) is 9.90 Å². The van der Waals surface area contributed by atoms with E-state index in [1.54, 1.807) is 0 Å². The van der Waals surface area contributed by atoms with Crippen LogP contribution in [0.4, 0.5) is 0 Å². The molecule has 1 aliphatic carbocycles. The zero-order valence-corrected chi connectivity index (χ0v) is 30.5. The third-order valence-corrected chi connectivity index (χ3v) is 9.15. The van der Waals surface area contributed by atoms with Crippen LogP contribution in [0, 0.1) is 23.3 Å². The van der Waals surface area contributed by atoms with Crippen molar-refractivity contribution in [1.82, 2.24) is 4.98 Å². The molecule has 0 atom stereocenters. The third-order valence-electron chi connectivity index (χ3n) is 9.15. The van der Waals surface area contributed by atoms with Crippen LogP contribution in [0.1, 0.15) is 105 Å². The van der Waals surface area contributed by atoms with Crippen LogP contribution in [0.15, 0.2) is 66.6 Å². The number of allylic oxidation sites excluding steroid dienone is 2. The molecule has 0 unspecified atom stereocenters. The van der Waals surface area contributed by atoms with Gasteiger partial charge in [-0.25, -0.2) is 0 Å². The Hall–Kier alpha value is -2.81. The van der Waals surface area contributed by atoms with Crippen LogP contribution in [0.2, 0.25) is 0 Å². The number of aliphatic hydroxyl groups excluding tert-OH is 1. The van der Waals surface area contributed by atoms with Crippen LogP contribution in [-0.4, -0.2) is 15.9 Å². The van der Waals surface area contributed by atoms with Crippen molar-refractivity contribution in [2.24, 2.45) is 17.3 Å². The van der Waals surface area contributed by atoms with Gasteiger partial charge < -0.3 is 10.1 Å². The second kappa shape index (κ2) is 14.5. The Balaban J connectivity index is 0.000000286. The first-order chi connectivity index (χ1) is 20.4. The molecule has 1 N–H and O–H groups in total. The molecule has 0 saturated heterocycles. The molecule has 1 aromatic heterocycles. The SMILES string of the molecule is CC(C)(C)Cc1ccc2cnc3c(c2c1)C(C)(C)c1cccc2cc[c-]c-3c12.CCC(CC)C(=O)/C=C(\O)C(CC)CC.[Ir]. The zero-order valence-electron chi connectivity index (χ0n) is 28.1. The van der Waals surface area contributed by atoms with Crippen LogP contribution < -0.4 is 0 Å². The minimum atomic E-state index is -0.107. The minimum absolute atomic E-state index is 0. The summed E-state index contributed by atoms with van der Waals surface area (Å²) in [7, 11) is 0. The summed E-state index contributed by atoms with van der Waals surface area (Å²) in [5.41, 5.74) is 6.50. The average Bonchev–Trinajstić information content (AvgIpc) is 2.96. The molecule has 4 aromatic rings. The van der Waals surface area contributed by atoms with Gasteiger partial charge in [-0.05, 0) is 65.1 Å². The second-order valence-corrected chi connectivity index (χ2v) is 13.9. The van der Waals surface area contributed by atoms with Crippen molar-refractivity contribution < 1.29 is 30.0 Å². The fourth-order valence-electron chi connectivity index (χ4n) is 6.70. The van der Waals surface area contributed by atoms with Crippen molar-refractivity contribution in [2.75, 3.05) is 0 Å². The topological polar surface area (TPSA) is 50.2 Å². The molecule has 0 amide bonds.